The molecule has 0 bridgehead atoms. The number of amides is 1. The first-order valence-corrected chi connectivity index (χ1v) is 10.4. The number of carbonyl (C=O) groups excluding carboxylic acids is 1. The van der Waals surface area contributed by atoms with Gasteiger partial charge < -0.3 is 14.2 Å². The second kappa shape index (κ2) is 8.19. The van der Waals surface area contributed by atoms with Gasteiger partial charge in [-0.3, -0.25) is 4.79 Å². The second-order valence-corrected chi connectivity index (χ2v) is 8.18. The Hall–Kier alpha value is -3.33. The van der Waals surface area contributed by atoms with Gasteiger partial charge in [0.15, 0.2) is 0 Å². The first kappa shape index (κ1) is 20.0. The Labute approximate surface area is 176 Å². The predicted octanol–water partition coefficient (Wildman–Crippen LogP) is 4.02. The number of pyridine rings is 1. The predicted molar refractivity (Wildman–Crippen MR) is 116 cm³/mol. The summed E-state index contributed by atoms with van der Waals surface area (Å²) in [5.41, 5.74) is 4.89. The summed E-state index contributed by atoms with van der Waals surface area (Å²) in [6.45, 7) is 9.15. The van der Waals surface area contributed by atoms with Gasteiger partial charge in [0.25, 0.3) is 0 Å². The van der Waals surface area contributed by atoms with Gasteiger partial charge in [0.2, 0.25) is 5.91 Å². The summed E-state index contributed by atoms with van der Waals surface area (Å²) in [6, 6.07) is 9.88. The number of aryl methyl sites for hydroxylation is 1. The molecule has 1 amide bonds. The maximum atomic E-state index is 12.9. The van der Waals surface area contributed by atoms with Crippen LogP contribution in [0.4, 0.5) is 5.82 Å². The van der Waals surface area contributed by atoms with E-state index in [4.69, 9.17) is 9.68 Å². The van der Waals surface area contributed by atoms with E-state index in [1.165, 1.54) is 11.1 Å². The lowest BCUT2D eigenvalue weighted by Crippen LogP contribution is -2.49. The molecule has 154 valence electrons. The summed E-state index contributed by atoms with van der Waals surface area (Å²) in [5.74, 6) is 1.33. The number of benzene rings is 1. The molecule has 3 heterocycles. The molecule has 1 aliphatic heterocycles. The van der Waals surface area contributed by atoms with Crippen molar-refractivity contribution >= 4 is 22.7 Å². The van der Waals surface area contributed by atoms with Crippen LogP contribution in [0.1, 0.15) is 42.0 Å². The van der Waals surface area contributed by atoms with Crippen LogP contribution >= 0.6 is 0 Å². The van der Waals surface area contributed by atoms with Gasteiger partial charge in [0.05, 0.1) is 24.3 Å². The summed E-state index contributed by atoms with van der Waals surface area (Å²) in [5, 5.41) is 10.1. The van der Waals surface area contributed by atoms with Gasteiger partial charge >= 0.3 is 0 Å². The van der Waals surface area contributed by atoms with Gasteiger partial charge in [-0.15, -0.1) is 0 Å². The Balaban J connectivity index is 1.44. The molecule has 6 nitrogen and oxygen atoms in total. The molecule has 2 aromatic heterocycles. The van der Waals surface area contributed by atoms with Gasteiger partial charge in [-0.1, -0.05) is 13.8 Å². The molecule has 0 spiro atoms. The zero-order valence-electron chi connectivity index (χ0n) is 17.7. The summed E-state index contributed by atoms with van der Waals surface area (Å²) >= 11 is 0. The van der Waals surface area contributed by atoms with Crippen molar-refractivity contribution in [3.63, 3.8) is 0 Å². The highest BCUT2D eigenvalue weighted by Crippen LogP contribution is 2.29. The maximum Gasteiger partial charge on any atom is 0.227 e. The van der Waals surface area contributed by atoms with E-state index < -0.39 is 0 Å². The summed E-state index contributed by atoms with van der Waals surface area (Å²) in [6.07, 6.45) is 3.72. The normalized spacial score (nSPS) is 14.4. The number of hydrogen-bond donors (Lipinski definition) is 0. The minimum atomic E-state index is 0.114. The summed E-state index contributed by atoms with van der Waals surface area (Å²) in [7, 11) is 0. The van der Waals surface area contributed by atoms with Crippen molar-refractivity contribution in [2.75, 3.05) is 31.1 Å². The maximum absolute atomic E-state index is 12.9. The highest BCUT2D eigenvalue weighted by atomic mass is 16.3. The van der Waals surface area contributed by atoms with Crippen LogP contribution in [0.15, 0.2) is 41.1 Å². The molecule has 30 heavy (non-hydrogen) atoms. The molecule has 6 heteroatoms. The molecule has 1 aromatic carbocycles. The highest BCUT2D eigenvalue weighted by molar-refractivity contribution is 5.88. The van der Waals surface area contributed by atoms with Gasteiger partial charge in [-0.2, -0.15) is 5.26 Å². The Morgan fingerprint density at radius 1 is 1.23 bits per heavy atom. The Morgan fingerprint density at radius 3 is 2.70 bits per heavy atom. The lowest BCUT2D eigenvalue weighted by molar-refractivity contribution is -0.130. The topological polar surface area (TPSA) is 73.4 Å². The molecule has 1 saturated heterocycles. The Bertz CT molecular complexity index is 1120. The third kappa shape index (κ3) is 3.88. The zero-order valence-corrected chi connectivity index (χ0v) is 17.7. The smallest absolute Gasteiger partial charge is 0.227 e. The van der Waals surface area contributed by atoms with Crippen LogP contribution in [-0.4, -0.2) is 42.0 Å². The van der Waals surface area contributed by atoms with E-state index in [1.54, 1.807) is 24.6 Å². The van der Waals surface area contributed by atoms with E-state index in [0.717, 1.165) is 22.4 Å². The molecule has 4 rings (SSSR count). The minimum Gasteiger partial charge on any atom is -0.464 e. The number of fused-ring (bicyclic) bond motifs is 1. The number of aromatic nitrogens is 1. The highest BCUT2D eigenvalue weighted by Gasteiger charge is 2.23. The molecule has 0 radical (unpaired) electrons. The number of nitriles is 1. The molecule has 1 aliphatic rings. The van der Waals surface area contributed by atoms with Crippen LogP contribution < -0.4 is 4.90 Å². The average Bonchev–Trinajstić information content (AvgIpc) is 3.14. The van der Waals surface area contributed by atoms with Crippen molar-refractivity contribution in [1.82, 2.24) is 9.88 Å². The lowest BCUT2D eigenvalue weighted by Gasteiger charge is -2.35. The average molecular weight is 402 g/mol. The number of anilines is 1. The van der Waals surface area contributed by atoms with E-state index in [0.29, 0.717) is 44.1 Å². The first-order valence-electron chi connectivity index (χ1n) is 10.4. The van der Waals surface area contributed by atoms with Crippen molar-refractivity contribution in [2.24, 2.45) is 0 Å². The fourth-order valence-electron chi connectivity index (χ4n) is 4.12. The van der Waals surface area contributed by atoms with Crippen LogP contribution in [0.5, 0.6) is 0 Å². The van der Waals surface area contributed by atoms with Crippen molar-refractivity contribution in [2.45, 2.75) is 33.1 Å². The fraction of sp³-hybridized carbons (Fsp3) is 0.375. The van der Waals surface area contributed by atoms with E-state index in [2.05, 4.69) is 48.9 Å². The van der Waals surface area contributed by atoms with Gasteiger partial charge in [-0.25, -0.2) is 4.98 Å². The van der Waals surface area contributed by atoms with Crippen LogP contribution in [0.25, 0.3) is 11.0 Å². The molecule has 0 unspecified atom stereocenters. The summed E-state index contributed by atoms with van der Waals surface area (Å²) in [4.78, 5) is 21.3. The Morgan fingerprint density at radius 2 is 2.00 bits per heavy atom. The van der Waals surface area contributed by atoms with Crippen LogP contribution in [0.2, 0.25) is 0 Å². The molecule has 0 atom stereocenters. The lowest BCUT2D eigenvalue weighted by atomic mass is 9.95. The molecule has 1 fully saturated rings. The van der Waals surface area contributed by atoms with Crippen LogP contribution in [0.3, 0.4) is 0 Å². The van der Waals surface area contributed by atoms with Crippen LogP contribution in [-0.2, 0) is 11.2 Å². The molecule has 0 N–H and O–H groups in total. The minimum absolute atomic E-state index is 0.114. The van der Waals surface area contributed by atoms with Gasteiger partial charge in [-0.05, 0) is 48.2 Å². The van der Waals surface area contributed by atoms with E-state index >= 15 is 0 Å². The van der Waals surface area contributed by atoms with Crippen molar-refractivity contribution in [1.29, 1.82) is 5.26 Å². The number of piperazine rings is 1. The van der Waals surface area contributed by atoms with Gasteiger partial charge in [0.1, 0.15) is 11.4 Å². The first-order chi connectivity index (χ1) is 14.5. The molecule has 3 aromatic rings. The second-order valence-electron chi connectivity index (χ2n) is 8.18. The summed E-state index contributed by atoms with van der Waals surface area (Å²) < 4.78 is 5.74. The largest absolute Gasteiger partial charge is 0.464 e. The van der Waals surface area contributed by atoms with E-state index in [1.807, 2.05) is 4.90 Å². The molecular weight excluding hydrogens is 376 g/mol. The fourth-order valence-corrected chi connectivity index (χ4v) is 4.12. The monoisotopic (exact) mass is 402 g/mol. The molecule has 0 aliphatic carbocycles. The molecule has 0 saturated carbocycles. The number of carbonyl (C=O) groups is 1. The number of rotatable bonds is 4. The van der Waals surface area contributed by atoms with Crippen molar-refractivity contribution < 1.29 is 9.21 Å². The standard InChI is InChI=1S/C24H26N4O2/c1-16(2)20-13-21-19(15-30-22(21)10-17(20)3)12-24(29)28-8-6-27(7-9-28)23-11-18(14-25)4-5-26-23/h4-5,10-11,13,15-16H,6-9,12H2,1-3H3. The quantitative estimate of drug-likeness (QED) is 0.659. The van der Waals surface area contributed by atoms with Crippen LogP contribution in [0, 0.1) is 18.3 Å². The van der Waals surface area contributed by atoms with Crippen molar-refractivity contribution in [3.05, 3.63) is 59.0 Å². The molecular formula is C24H26N4O2. The van der Waals surface area contributed by atoms with Crippen molar-refractivity contribution in [3.8, 4) is 6.07 Å². The van der Waals surface area contributed by atoms with E-state index in [-0.39, 0.29) is 5.91 Å². The third-order valence-corrected chi connectivity index (χ3v) is 5.84. The number of furan rings is 1. The number of hydrogen-bond acceptors (Lipinski definition) is 5. The number of nitrogens with zero attached hydrogens (tertiary/aromatic N) is 4. The zero-order chi connectivity index (χ0) is 21.3. The SMILES string of the molecule is Cc1cc2occ(CC(=O)N3CCN(c4cc(C#N)ccn4)CC3)c2cc1C(C)C. The van der Waals surface area contributed by atoms with Gasteiger partial charge in [0, 0.05) is 43.3 Å². The van der Waals surface area contributed by atoms with E-state index in [9.17, 15) is 4.79 Å². The Kier molecular flexibility index (Phi) is 5.45. The third-order valence-electron chi connectivity index (χ3n) is 5.84.